The molecule has 0 aromatic heterocycles. The van der Waals surface area contributed by atoms with Gasteiger partial charge in [-0.2, -0.15) is 0 Å². The maximum absolute atomic E-state index is 8.94. The van der Waals surface area contributed by atoms with Crippen molar-refractivity contribution in [2.45, 2.75) is 26.3 Å². The molecule has 0 aromatic carbocycles. The van der Waals surface area contributed by atoms with Gasteiger partial charge in [0.05, 0.1) is 6.61 Å². The molecule has 1 aliphatic heterocycles. The largest absolute Gasteiger partial charge is 0.395 e. The second-order valence-electron chi connectivity index (χ2n) is 4.71. The number of aliphatic hydroxyl groups is 1. The van der Waals surface area contributed by atoms with Crippen molar-refractivity contribution in [3.05, 3.63) is 0 Å². The second-order valence-corrected chi connectivity index (χ2v) is 4.71. The maximum Gasteiger partial charge on any atom is 0.0558 e. The minimum atomic E-state index is 0.279. The molecule has 14 heavy (non-hydrogen) atoms. The van der Waals surface area contributed by atoms with Gasteiger partial charge in [0.15, 0.2) is 0 Å². The van der Waals surface area contributed by atoms with Gasteiger partial charge in [-0.15, -0.1) is 0 Å². The van der Waals surface area contributed by atoms with Gasteiger partial charge < -0.3 is 10.4 Å². The first-order valence-corrected chi connectivity index (χ1v) is 5.67. The molecule has 3 nitrogen and oxygen atoms in total. The summed E-state index contributed by atoms with van der Waals surface area (Å²) >= 11 is 0. The van der Waals surface area contributed by atoms with Crippen molar-refractivity contribution in [2.24, 2.45) is 11.8 Å². The van der Waals surface area contributed by atoms with E-state index >= 15 is 0 Å². The molecule has 2 atom stereocenters. The lowest BCUT2D eigenvalue weighted by molar-refractivity contribution is 0.0991. The summed E-state index contributed by atoms with van der Waals surface area (Å²) in [5.41, 5.74) is 0. The number of hydrogen-bond acceptors (Lipinski definition) is 3. The molecule has 1 heterocycles. The van der Waals surface area contributed by atoms with E-state index < -0.39 is 0 Å². The molecule has 0 amide bonds. The van der Waals surface area contributed by atoms with Crippen LogP contribution in [0.5, 0.6) is 0 Å². The molecule has 0 spiro atoms. The molecule has 0 bridgehead atoms. The molecule has 3 heteroatoms. The van der Waals surface area contributed by atoms with Crippen LogP contribution in [0.2, 0.25) is 0 Å². The van der Waals surface area contributed by atoms with Crippen molar-refractivity contribution < 1.29 is 5.11 Å². The van der Waals surface area contributed by atoms with Crippen molar-refractivity contribution in [3.63, 3.8) is 0 Å². The van der Waals surface area contributed by atoms with Gasteiger partial charge in [0, 0.05) is 25.7 Å². The normalized spacial score (nSPS) is 29.8. The smallest absolute Gasteiger partial charge is 0.0558 e. The average molecular weight is 200 g/mol. The maximum atomic E-state index is 8.94. The van der Waals surface area contributed by atoms with E-state index in [9.17, 15) is 0 Å². The number of piperidine rings is 1. The zero-order chi connectivity index (χ0) is 10.6. The van der Waals surface area contributed by atoms with Gasteiger partial charge in [-0.3, -0.25) is 4.90 Å². The molecular weight excluding hydrogens is 176 g/mol. The number of rotatable bonds is 4. The predicted molar refractivity (Wildman–Crippen MR) is 59.3 cm³/mol. The number of likely N-dealkylation sites (N-methyl/N-ethyl adjacent to an activating group) is 1. The SMILES string of the molecule is CNC1CC(C(C)C)CN(CCO)C1. The van der Waals surface area contributed by atoms with Crippen LogP contribution in [0.25, 0.3) is 0 Å². The Balaban J connectivity index is 2.47. The fourth-order valence-corrected chi connectivity index (χ4v) is 2.25. The molecule has 0 aromatic rings. The van der Waals surface area contributed by atoms with E-state index in [2.05, 4.69) is 24.1 Å². The van der Waals surface area contributed by atoms with E-state index in [1.54, 1.807) is 0 Å². The van der Waals surface area contributed by atoms with Crippen LogP contribution >= 0.6 is 0 Å². The van der Waals surface area contributed by atoms with E-state index in [0.29, 0.717) is 6.04 Å². The number of β-amino-alcohol motifs (C(OH)–C–C–N with tert-alkyl or cyclic N) is 1. The molecular formula is C11H24N2O. The van der Waals surface area contributed by atoms with Gasteiger partial charge in [0.1, 0.15) is 0 Å². The predicted octanol–water partition coefficient (Wildman–Crippen LogP) is 0.545. The Hall–Kier alpha value is -0.120. The minimum Gasteiger partial charge on any atom is -0.395 e. The van der Waals surface area contributed by atoms with Crippen LogP contribution in [0.3, 0.4) is 0 Å². The first-order chi connectivity index (χ1) is 6.67. The summed E-state index contributed by atoms with van der Waals surface area (Å²) in [5, 5.41) is 12.3. The Morgan fingerprint density at radius 1 is 1.43 bits per heavy atom. The third kappa shape index (κ3) is 3.23. The van der Waals surface area contributed by atoms with Crippen LogP contribution in [0.1, 0.15) is 20.3 Å². The van der Waals surface area contributed by atoms with Crippen LogP contribution in [0.15, 0.2) is 0 Å². The Morgan fingerprint density at radius 2 is 2.14 bits per heavy atom. The number of hydrogen-bond donors (Lipinski definition) is 2. The molecule has 0 radical (unpaired) electrons. The fraction of sp³-hybridized carbons (Fsp3) is 1.00. The monoisotopic (exact) mass is 200 g/mol. The standard InChI is InChI=1S/C11H24N2O/c1-9(2)10-6-11(12-3)8-13(7-10)4-5-14/h9-12,14H,4-8H2,1-3H3. The quantitative estimate of drug-likeness (QED) is 0.695. The lowest BCUT2D eigenvalue weighted by atomic mass is 9.85. The molecule has 0 aliphatic carbocycles. The van der Waals surface area contributed by atoms with E-state index in [-0.39, 0.29) is 6.61 Å². The van der Waals surface area contributed by atoms with Crippen LogP contribution < -0.4 is 5.32 Å². The van der Waals surface area contributed by atoms with Gasteiger partial charge in [-0.1, -0.05) is 13.8 Å². The first kappa shape index (κ1) is 12.0. The number of nitrogens with zero attached hydrogens (tertiary/aromatic N) is 1. The molecule has 0 saturated carbocycles. The average Bonchev–Trinajstić information content (AvgIpc) is 2.17. The molecule has 1 aliphatic rings. The highest BCUT2D eigenvalue weighted by Gasteiger charge is 2.27. The summed E-state index contributed by atoms with van der Waals surface area (Å²) in [6.07, 6.45) is 1.27. The van der Waals surface area contributed by atoms with Crippen molar-refractivity contribution in [3.8, 4) is 0 Å². The van der Waals surface area contributed by atoms with Crippen molar-refractivity contribution in [1.82, 2.24) is 10.2 Å². The third-order valence-corrected chi connectivity index (χ3v) is 3.33. The van der Waals surface area contributed by atoms with Crippen LogP contribution in [-0.2, 0) is 0 Å². The number of aliphatic hydroxyl groups excluding tert-OH is 1. The summed E-state index contributed by atoms with van der Waals surface area (Å²) in [4.78, 5) is 2.37. The van der Waals surface area contributed by atoms with Crippen molar-refractivity contribution in [2.75, 3.05) is 33.3 Å². The van der Waals surface area contributed by atoms with E-state index in [4.69, 9.17) is 5.11 Å². The van der Waals surface area contributed by atoms with Crippen LogP contribution in [0.4, 0.5) is 0 Å². The summed E-state index contributed by atoms with van der Waals surface area (Å²) in [7, 11) is 2.03. The molecule has 2 N–H and O–H groups in total. The summed E-state index contributed by atoms with van der Waals surface area (Å²) in [5.74, 6) is 1.51. The molecule has 1 fully saturated rings. The Kier molecular flexibility index (Phi) is 4.85. The minimum absolute atomic E-state index is 0.279. The van der Waals surface area contributed by atoms with Gasteiger partial charge >= 0.3 is 0 Å². The number of likely N-dealkylation sites (tertiary alicyclic amines) is 1. The highest BCUT2D eigenvalue weighted by molar-refractivity contribution is 4.83. The summed E-state index contributed by atoms with van der Waals surface area (Å²) in [6.45, 7) is 7.92. The fourth-order valence-electron chi connectivity index (χ4n) is 2.25. The second kappa shape index (κ2) is 5.69. The van der Waals surface area contributed by atoms with Crippen molar-refractivity contribution >= 4 is 0 Å². The summed E-state index contributed by atoms with van der Waals surface area (Å²) in [6, 6.07) is 0.600. The van der Waals surface area contributed by atoms with Gasteiger partial charge in [0.2, 0.25) is 0 Å². The lowest BCUT2D eigenvalue weighted by Crippen LogP contribution is -2.50. The van der Waals surface area contributed by atoms with Gasteiger partial charge in [0.25, 0.3) is 0 Å². The van der Waals surface area contributed by atoms with Crippen LogP contribution in [0, 0.1) is 11.8 Å². The van der Waals surface area contributed by atoms with E-state index in [1.165, 1.54) is 6.42 Å². The zero-order valence-corrected chi connectivity index (χ0v) is 9.66. The van der Waals surface area contributed by atoms with Gasteiger partial charge in [-0.05, 0) is 25.3 Å². The van der Waals surface area contributed by atoms with Crippen LogP contribution in [-0.4, -0.2) is 49.3 Å². The third-order valence-electron chi connectivity index (χ3n) is 3.33. The molecule has 1 rings (SSSR count). The topological polar surface area (TPSA) is 35.5 Å². The zero-order valence-electron chi connectivity index (χ0n) is 9.66. The summed E-state index contributed by atoms with van der Waals surface area (Å²) < 4.78 is 0. The number of nitrogens with one attached hydrogen (secondary N) is 1. The van der Waals surface area contributed by atoms with Crippen molar-refractivity contribution in [1.29, 1.82) is 0 Å². The lowest BCUT2D eigenvalue weighted by Gasteiger charge is -2.39. The Morgan fingerprint density at radius 3 is 2.64 bits per heavy atom. The van der Waals surface area contributed by atoms with Gasteiger partial charge in [-0.25, -0.2) is 0 Å². The molecule has 84 valence electrons. The van der Waals surface area contributed by atoms with E-state index in [0.717, 1.165) is 31.5 Å². The highest BCUT2D eigenvalue weighted by Crippen LogP contribution is 2.23. The molecule has 2 unspecified atom stereocenters. The Bertz CT molecular complexity index is 161. The highest BCUT2D eigenvalue weighted by atomic mass is 16.3. The Labute approximate surface area is 87.5 Å². The molecule has 1 saturated heterocycles. The van der Waals surface area contributed by atoms with E-state index in [1.807, 2.05) is 7.05 Å². The first-order valence-electron chi connectivity index (χ1n) is 5.67.